The first-order chi connectivity index (χ1) is 12.7. The fourth-order valence-corrected chi connectivity index (χ4v) is 2.77. The Morgan fingerprint density at radius 2 is 2.15 bits per heavy atom. The van der Waals surface area contributed by atoms with E-state index in [4.69, 9.17) is 9.47 Å². The van der Waals surface area contributed by atoms with Crippen LogP contribution in [0.15, 0.2) is 42.7 Å². The van der Waals surface area contributed by atoms with Crippen molar-refractivity contribution in [1.82, 2.24) is 4.98 Å². The molecule has 1 saturated heterocycles. The van der Waals surface area contributed by atoms with Gasteiger partial charge in [-0.3, -0.25) is 9.78 Å². The van der Waals surface area contributed by atoms with Crippen molar-refractivity contribution in [2.75, 3.05) is 30.9 Å². The molecule has 136 valence electrons. The number of rotatable bonds is 6. The second-order valence-corrected chi connectivity index (χ2v) is 5.97. The number of pyridine rings is 1. The summed E-state index contributed by atoms with van der Waals surface area (Å²) in [5.74, 6) is -0.861. The standard InChI is InChI=1S/C19H21N3O4/c1-25-19(24)16-6-2-3-7-17(16)22-18(23)13-9-14(11-20-10-13)21-12-15-5-4-8-26-15/h2-3,6-7,9-11,15,21H,4-5,8,12H2,1H3,(H,22,23). The smallest absolute Gasteiger partial charge is 0.339 e. The number of benzene rings is 1. The number of anilines is 2. The van der Waals surface area contributed by atoms with E-state index in [2.05, 4.69) is 15.6 Å². The molecule has 1 aromatic carbocycles. The van der Waals surface area contributed by atoms with Gasteiger partial charge in [0, 0.05) is 25.5 Å². The number of carbonyl (C=O) groups is 2. The van der Waals surface area contributed by atoms with Crippen molar-refractivity contribution in [2.45, 2.75) is 18.9 Å². The van der Waals surface area contributed by atoms with Gasteiger partial charge in [0.25, 0.3) is 5.91 Å². The molecule has 1 aromatic heterocycles. The molecule has 2 heterocycles. The fourth-order valence-electron chi connectivity index (χ4n) is 2.77. The van der Waals surface area contributed by atoms with E-state index in [9.17, 15) is 9.59 Å². The summed E-state index contributed by atoms with van der Waals surface area (Å²) < 4.78 is 10.3. The molecule has 1 amide bonds. The molecule has 1 atom stereocenters. The number of methoxy groups -OCH3 is 1. The topological polar surface area (TPSA) is 89.5 Å². The highest BCUT2D eigenvalue weighted by Gasteiger charge is 2.16. The van der Waals surface area contributed by atoms with Crippen LogP contribution in [0, 0.1) is 0 Å². The van der Waals surface area contributed by atoms with E-state index < -0.39 is 5.97 Å². The molecule has 7 nitrogen and oxygen atoms in total. The number of nitrogens with one attached hydrogen (secondary N) is 2. The molecule has 0 saturated carbocycles. The van der Waals surface area contributed by atoms with Crippen LogP contribution in [0.25, 0.3) is 0 Å². The molecular weight excluding hydrogens is 334 g/mol. The summed E-state index contributed by atoms with van der Waals surface area (Å²) >= 11 is 0. The molecule has 0 bridgehead atoms. The number of carbonyl (C=O) groups excluding carboxylic acids is 2. The molecule has 1 aliphatic heterocycles. The number of ether oxygens (including phenoxy) is 2. The first-order valence-electron chi connectivity index (χ1n) is 8.46. The van der Waals surface area contributed by atoms with Crippen LogP contribution in [0.2, 0.25) is 0 Å². The van der Waals surface area contributed by atoms with Crippen molar-refractivity contribution in [3.05, 3.63) is 53.9 Å². The number of esters is 1. The Balaban J connectivity index is 1.68. The molecule has 3 rings (SSSR count). The Bertz CT molecular complexity index is 788. The lowest BCUT2D eigenvalue weighted by Crippen LogP contribution is -2.19. The lowest BCUT2D eigenvalue weighted by Gasteiger charge is -2.13. The summed E-state index contributed by atoms with van der Waals surface area (Å²) in [6.45, 7) is 1.48. The van der Waals surface area contributed by atoms with Crippen LogP contribution < -0.4 is 10.6 Å². The second-order valence-electron chi connectivity index (χ2n) is 5.97. The summed E-state index contributed by atoms with van der Waals surface area (Å²) in [6.07, 6.45) is 5.44. The molecule has 2 aromatic rings. The molecule has 0 spiro atoms. The monoisotopic (exact) mass is 355 g/mol. The minimum Gasteiger partial charge on any atom is -0.465 e. The molecule has 1 aliphatic rings. The van der Waals surface area contributed by atoms with Gasteiger partial charge in [0.15, 0.2) is 0 Å². The number of hydrogen-bond donors (Lipinski definition) is 2. The molecule has 2 N–H and O–H groups in total. The van der Waals surface area contributed by atoms with Crippen molar-refractivity contribution in [2.24, 2.45) is 0 Å². The van der Waals surface area contributed by atoms with Crippen molar-refractivity contribution in [3.8, 4) is 0 Å². The lowest BCUT2D eigenvalue weighted by atomic mass is 10.1. The van der Waals surface area contributed by atoms with E-state index in [1.807, 2.05) is 0 Å². The third-order valence-corrected chi connectivity index (χ3v) is 4.14. The highest BCUT2D eigenvalue weighted by molar-refractivity contribution is 6.08. The molecule has 1 fully saturated rings. The SMILES string of the molecule is COC(=O)c1ccccc1NC(=O)c1cncc(NCC2CCCO2)c1. The van der Waals surface area contributed by atoms with Crippen LogP contribution in [-0.4, -0.2) is 43.2 Å². The zero-order valence-electron chi connectivity index (χ0n) is 14.5. The Morgan fingerprint density at radius 1 is 1.31 bits per heavy atom. The van der Waals surface area contributed by atoms with Crippen molar-refractivity contribution in [3.63, 3.8) is 0 Å². The molecule has 1 unspecified atom stereocenters. The van der Waals surface area contributed by atoms with E-state index >= 15 is 0 Å². The van der Waals surface area contributed by atoms with Crippen LogP contribution in [0.3, 0.4) is 0 Å². The van der Waals surface area contributed by atoms with Gasteiger partial charge in [-0.2, -0.15) is 0 Å². The van der Waals surface area contributed by atoms with Gasteiger partial charge in [0.05, 0.1) is 35.7 Å². The van der Waals surface area contributed by atoms with Crippen LogP contribution in [-0.2, 0) is 9.47 Å². The number of hydrogen-bond acceptors (Lipinski definition) is 6. The van der Waals surface area contributed by atoms with Gasteiger partial charge in [0.1, 0.15) is 0 Å². The number of para-hydroxylation sites is 1. The molecule has 7 heteroatoms. The van der Waals surface area contributed by atoms with Gasteiger partial charge < -0.3 is 20.1 Å². The minimum atomic E-state index is -0.508. The van der Waals surface area contributed by atoms with Crippen LogP contribution in [0.4, 0.5) is 11.4 Å². The molecule has 26 heavy (non-hydrogen) atoms. The van der Waals surface area contributed by atoms with Gasteiger partial charge in [-0.1, -0.05) is 12.1 Å². The number of amides is 1. The van der Waals surface area contributed by atoms with E-state index in [0.717, 1.165) is 25.1 Å². The van der Waals surface area contributed by atoms with Crippen LogP contribution in [0.1, 0.15) is 33.6 Å². The third kappa shape index (κ3) is 4.37. The maximum atomic E-state index is 12.5. The first kappa shape index (κ1) is 17.9. The van der Waals surface area contributed by atoms with E-state index in [-0.39, 0.29) is 12.0 Å². The van der Waals surface area contributed by atoms with Gasteiger partial charge in [0.2, 0.25) is 0 Å². The normalized spacial score (nSPS) is 16.1. The molecular formula is C19H21N3O4. The summed E-state index contributed by atoms with van der Waals surface area (Å²) in [5.41, 5.74) is 1.82. The quantitative estimate of drug-likeness (QED) is 0.775. The lowest BCUT2D eigenvalue weighted by molar-refractivity contribution is 0.0602. The first-order valence-corrected chi connectivity index (χ1v) is 8.46. The summed E-state index contributed by atoms with van der Waals surface area (Å²) in [7, 11) is 1.30. The summed E-state index contributed by atoms with van der Waals surface area (Å²) in [5, 5.41) is 5.98. The Morgan fingerprint density at radius 3 is 2.92 bits per heavy atom. The zero-order chi connectivity index (χ0) is 18.4. The summed E-state index contributed by atoms with van der Waals surface area (Å²) in [6, 6.07) is 8.41. The predicted molar refractivity (Wildman–Crippen MR) is 97.4 cm³/mol. The van der Waals surface area contributed by atoms with Crippen molar-refractivity contribution >= 4 is 23.3 Å². The Hall–Kier alpha value is -2.93. The predicted octanol–water partition coefficient (Wildman–Crippen LogP) is 2.71. The third-order valence-electron chi connectivity index (χ3n) is 4.14. The Kier molecular flexibility index (Phi) is 5.80. The second kappa shape index (κ2) is 8.44. The largest absolute Gasteiger partial charge is 0.465 e. The number of nitrogens with zero attached hydrogens (tertiary/aromatic N) is 1. The summed E-state index contributed by atoms with van der Waals surface area (Å²) in [4.78, 5) is 28.5. The van der Waals surface area contributed by atoms with Gasteiger partial charge in [-0.05, 0) is 31.0 Å². The van der Waals surface area contributed by atoms with Gasteiger partial charge in [-0.25, -0.2) is 4.79 Å². The molecule has 0 radical (unpaired) electrons. The minimum absolute atomic E-state index is 0.194. The maximum absolute atomic E-state index is 12.5. The van der Waals surface area contributed by atoms with Crippen molar-refractivity contribution in [1.29, 1.82) is 0 Å². The van der Waals surface area contributed by atoms with Gasteiger partial charge in [-0.15, -0.1) is 0 Å². The maximum Gasteiger partial charge on any atom is 0.339 e. The Labute approximate surface area is 151 Å². The van der Waals surface area contributed by atoms with Crippen LogP contribution >= 0.6 is 0 Å². The van der Waals surface area contributed by atoms with Crippen molar-refractivity contribution < 1.29 is 19.1 Å². The fraction of sp³-hybridized carbons (Fsp3) is 0.316. The highest BCUT2D eigenvalue weighted by atomic mass is 16.5. The van der Waals surface area contributed by atoms with Crippen LogP contribution in [0.5, 0.6) is 0 Å². The number of aromatic nitrogens is 1. The van der Waals surface area contributed by atoms with E-state index in [0.29, 0.717) is 23.4 Å². The highest BCUT2D eigenvalue weighted by Crippen LogP contribution is 2.18. The zero-order valence-corrected chi connectivity index (χ0v) is 14.5. The van der Waals surface area contributed by atoms with E-state index in [1.165, 1.54) is 13.3 Å². The van der Waals surface area contributed by atoms with E-state index in [1.54, 1.807) is 36.5 Å². The average molecular weight is 355 g/mol. The van der Waals surface area contributed by atoms with Gasteiger partial charge >= 0.3 is 5.97 Å². The molecule has 0 aliphatic carbocycles. The average Bonchev–Trinajstić information content (AvgIpc) is 3.20.